The number of methoxy groups -OCH3 is 1. The summed E-state index contributed by atoms with van der Waals surface area (Å²) in [7, 11) is 1.37. The summed E-state index contributed by atoms with van der Waals surface area (Å²) in [4.78, 5) is 11.2. The van der Waals surface area contributed by atoms with Crippen molar-refractivity contribution in [3.8, 4) is 11.8 Å². The van der Waals surface area contributed by atoms with Crippen molar-refractivity contribution in [2.45, 2.75) is 12.8 Å². The van der Waals surface area contributed by atoms with Gasteiger partial charge in [0.1, 0.15) is 0 Å². The molecule has 3 nitrogen and oxygen atoms in total. The first-order valence-electron chi connectivity index (χ1n) is 6.03. The fraction of sp³-hybridized carbons (Fsp3) is 0.400. The van der Waals surface area contributed by atoms with E-state index in [1.165, 1.54) is 7.11 Å². The van der Waals surface area contributed by atoms with E-state index < -0.39 is 0 Å². The van der Waals surface area contributed by atoms with Gasteiger partial charge >= 0.3 is 5.97 Å². The van der Waals surface area contributed by atoms with E-state index in [1.54, 1.807) is 12.1 Å². The van der Waals surface area contributed by atoms with Crippen LogP contribution in [-0.2, 0) is 4.74 Å². The number of hydrogen-bond donors (Lipinski definition) is 1. The van der Waals surface area contributed by atoms with Crippen molar-refractivity contribution in [3.63, 3.8) is 0 Å². The van der Waals surface area contributed by atoms with E-state index in [9.17, 15) is 4.79 Å². The highest BCUT2D eigenvalue weighted by Crippen LogP contribution is 2.32. The van der Waals surface area contributed by atoms with Crippen LogP contribution >= 0.6 is 0 Å². The van der Waals surface area contributed by atoms with E-state index in [1.807, 2.05) is 12.1 Å². The zero-order chi connectivity index (χ0) is 13.0. The Morgan fingerprint density at radius 1 is 1.39 bits per heavy atom. The Hall–Kier alpha value is -1.79. The van der Waals surface area contributed by atoms with Gasteiger partial charge in [-0.1, -0.05) is 11.8 Å². The third-order valence-electron chi connectivity index (χ3n) is 3.22. The molecule has 1 fully saturated rings. The maximum absolute atomic E-state index is 11.2. The van der Waals surface area contributed by atoms with E-state index in [0.717, 1.165) is 18.4 Å². The predicted octanol–water partition coefficient (Wildman–Crippen LogP) is 1.84. The van der Waals surface area contributed by atoms with Crippen molar-refractivity contribution < 1.29 is 14.6 Å². The highest BCUT2D eigenvalue weighted by Gasteiger charge is 2.26. The molecule has 0 amide bonds. The lowest BCUT2D eigenvalue weighted by molar-refractivity contribution is 0.0600. The summed E-state index contributed by atoms with van der Waals surface area (Å²) in [5.74, 6) is 6.78. The van der Waals surface area contributed by atoms with Gasteiger partial charge < -0.3 is 9.84 Å². The van der Waals surface area contributed by atoms with Gasteiger partial charge in [0.05, 0.1) is 12.7 Å². The van der Waals surface area contributed by atoms with Crippen LogP contribution in [0.5, 0.6) is 0 Å². The topological polar surface area (TPSA) is 46.5 Å². The van der Waals surface area contributed by atoms with E-state index in [2.05, 4.69) is 16.6 Å². The summed E-state index contributed by atoms with van der Waals surface area (Å²) in [5, 5.41) is 8.90. The molecule has 1 saturated carbocycles. The molecule has 94 valence electrons. The van der Waals surface area contributed by atoms with Gasteiger partial charge in [0.25, 0.3) is 0 Å². The van der Waals surface area contributed by atoms with E-state index in [-0.39, 0.29) is 12.6 Å². The number of aliphatic hydroxyl groups excluding tert-OH is 1. The Bertz CT molecular complexity index is 473. The number of esters is 1. The summed E-state index contributed by atoms with van der Waals surface area (Å²) >= 11 is 0. The summed E-state index contributed by atoms with van der Waals surface area (Å²) in [6.07, 6.45) is 1.98. The minimum atomic E-state index is -0.334. The lowest BCUT2D eigenvalue weighted by atomic mass is 9.76. The Morgan fingerprint density at radius 3 is 2.61 bits per heavy atom. The van der Waals surface area contributed by atoms with Crippen LogP contribution in [0.15, 0.2) is 24.3 Å². The second-order valence-corrected chi connectivity index (χ2v) is 4.56. The second-order valence-electron chi connectivity index (χ2n) is 4.56. The standard InChI is InChI=1S/C15H16O3/c1-18-15(17)14-6-4-11(5-7-14)2-3-12-8-13(9-12)10-16/h4-7,12-13,16H,8-10H2,1H3. The van der Waals surface area contributed by atoms with E-state index in [0.29, 0.717) is 17.4 Å². The summed E-state index contributed by atoms with van der Waals surface area (Å²) in [5.41, 5.74) is 1.43. The van der Waals surface area contributed by atoms with Crippen LogP contribution in [0.4, 0.5) is 0 Å². The van der Waals surface area contributed by atoms with Crippen molar-refractivity contribution in [2.75, 3.05) is 13.7 Å². The van der Waals surface area contributed by atoms with Crippen LogP contribution in [0.25, 0.3) is 0 Å². The largest absolute Gasteiger partial charge is 0.465 e. The number of rotatable bonds is 2. The molecule has 0 saturated heterocycles. The lowest BCUT2D eigenvalue weighted by Crippen LogP contribution is -2.25. The molecule has 0 heterocycles. The molecular weight excluding hydrogens is 228 g/mol. The molecule has 1 aromatic rings. The smallest absolute Gasteiger partial charge is 0.337 e. The molecule has 0 unspecified atom stereocenters. The number of aliphatic hydroxyl groups is 1. The van der Waals surface area contributed by atoms with Crippen LogP contribution < -0.4 is 0 Å². The number of benzene rings is 1. The monoisotopic (exact) mass is 244 g/mol. The van der Waals surface area contributed by atoms with Crippen LogP contribution in [0.2, 0.25) is 0 Å². The molecular formula is C15H16O3. The van der Waals surface area contributed by atoms with Gasteiger partial charge in [-0.15, -0.1) is 0 Å². The minimum Gasteiger partial charge on any atom is -0.465 e. The lowest BCUT2D eigenvalue weighted by Gasteiger charge is -2.29. The van der Waals surface area contributed by atoms with Crippen LogP contribution in [0, 0.1) is 23.7 Å². The normalized spacial score (nSPS) is 21.4. The highest BCUT2D eigenvalue weighted by molar-refractivity contribution is 5.89. The Balaban J connectivity index is 1.95. The average molecular weight is 244 g/mol. The van der Waals surface area contributed by atoms with Crippen molar-refractivity contribution in [1.29, 1.82) is 0 Å². The molecule has 0 aliphatic heterocycles. The zero-order valence-electron chi connectivity index (χ0n) is 10.3. The molecule has 2 rings (SSSR count). The molecule has 0 bridgehead atoms. The SMILES string of the molecule is COC(=O)c1ccc(C#CC2CC(CO)C2)cc1. The number of carbonyl (C=O) groups excluding carboxylic acids is 1. The second kappa shape index (κ2) is 5.70. The molecule has 0 atom stereocenters. The molecule has 1 aromatic carbocycles. The van der Waals surface area contributed by atoms with E-state index >= 15 is 0 Å². The Labute approximate surface area is 107 Å². The van der Waals surface area contributed by atoms with Crippen molar-refractivity contribution >= 4 is 5.97 Å². The Morgan fingerprint density at radius 2 is 2.06 bits per heavy atom. The van der Waals surface area contributed by atoms with Gasteiger partial charge in [-0.3, -0.25) is 0 Å². The molecule has 18 heavy (non-hydrogen) atoms. The fourth-order valence-corrected chi connectivity index (χ4v) is 2.00. The molecule has 1 N–H and O–H groups in total. The van der Waals surface area contributed by atoms with Gasteiger partial charge in [0.2, 0.25) is 0 Å². The van der Waals surface area contributed by atoms with Crippen LogP contribution in [-0.4, -0.2) is 24.8 Å². The predicted molar refractivity (Wildman–Crippen MR) is 68.0 cm³/mol. The first-order chi connectivity index (χ1) is 8.72. The van der Waals surface area contributed by atoms with Crippen molar-refractivity contribution in [3.05, 3.63) is 35.4 Å². The minimum absolute atomic E-state index is 0.270. The zero-order valence-corrected chi connectivity index (χ0v) is 10.3. The summed E-state index contributed by atoms with van der Waals surface area (Å²) in [6, 6.07) is 7.07. The molecule has 0 radical (unpaired) electrons. The van der Waals surface area contributed by atoms with Gasteiger partial charge in [-0.05, 0) is 43.0 Å². The fourth-order valence-electron chi connectivity index (χ4n) is 2.00. The third-order valence-corrected chi connectivity index (χ3v) is 3.22. The molecule has 3 heteroatoms. The van der Waals surface area contributed by atoms with Gasteiger partial charge in [-0.2, -0.15) is 0 Å². The highest BCUT2D eigenvalue weighted by atomic mass is 16.5. The number of hydrogen-bond acceptors (Lipinski definition) is 3. The summed E-state index contributed by atoms with van der Waals surface area (Å²) < 4.78 is 4.63. The maximum atomic E-state index is 11.2. The molecule has 0 aromatic heterocycles. The third kappa shape index (κ3) is 2.91. The van der Waals surface area contributed by atoms with Gasteiger partial charge in [-0.25, -0.2) is 4.79 Å². The van der Waals surface area contributed by atoms with E-state index in [4.69, 9.17) is 5.11 Å². The van der Waals surface area contributed by atoms with Gasteiger partial charge in [0, 0.05) is 18.1 Å². The molecule has 0 spiro atoms. The van der Waals surface area contributed by atoms with Crippen molar-refractivity contribution in [1.82, 2.24) is 0 Å². The molecule has 1 aliphatic carbocycles. The van der Waals surface area contributed by atoms with Crippen molar-refractivity contribution in [2.24, 2.45) is 11.8 Å². The van der Waals surface area contributed by atoms with Gasteiger partial charge in [0.15, 0.2) is 0 Å². The maximum Gasteiger partial charge on any atom is 0.337 e. The Kier molecular flexibility index (Phi) is 4.01. The summed E-state index contributed by atoms with van der Waals surface area (Å²) in [6.45, 7) is 0.270. The number of carbonyl (C=O) groups is 1. The van der Waals surface area contributed by atoms with Crippen LogP contribution in [0.3, 0.4) is 0 Å². The first-order valence-corrected chi connectivity index (χ1v) is 6.03. The number of ether oxygens (including phenoxy) is 1. The average Bonchev–Trinajstić information content (AvgIpc) is 2.37. The first kappa shape index (κ1) is 12.7. The van der Waals surface area contributed by atoms with Crippen LogP contribution in [0.1, 0.15) is 28.8 Å². The molecule has 1 aliphatic rings. The quantitative estimate of drug-likeness (QED) is 0.638.